The van der Waals surface area contributed by atoms with Gasteiger partial charge in [-0.25, -0.2) is 4.98 Å². The van der Waals surface area contributed by atoms with Crippen LogP contribution in [0.1, 0.15) is 5.56 Å². The number of fused-ring (bicyclic) bond motifs is 1. The topological polar surface area (TPSA) is 69.4 Å². The quantitative estimate of drug-likeness (QED) is 0.451. The Morgan fingerprint density at radius 2 is 1.66 bits per heavy atom. The molecule has 1 heterocycles. The maximum absolute atomic E-state index is 5.84. The van der Waals surface area contributed by atoms with Crippen molar-refractivity contribution < 1.29 is 9.47 Å². The number of hydrogen-bond acceptors (Lipinski definition) is 5. The van der Waals surface area contributed by atoms with E-state index in [2.05, 4.69) is 28.5 Å². The number of rotatable bonds is 6. The lowest BCUT2D eigenvalue weighted by Crippen LogP contribution is -2.03. The van der Waals surface area contributed by atoms with E-state index < -0.39 is 0 Å². The minimum absolute atomic E-state index is 0.624. The van der Waals surface area contributed by atoms with Crippen LogP contribution in [0, 0.1) is 0 Å². The second-order valence-electron chi connectivity index (χ2n) is 6.73. The summed E-state index contributed by atoms with van der Waals surface area (Å²) in [6.07, 6.45) is 1.83. The van der Waals surface area contributed by atoms with Gasteiger partial charge in [0.05, 0.1) is 14.2 Å². The molecule has 3 aromatic carbocycles. The van der Waals surface area contributed by atoms with E-state index in [0.717, 1.165) is 39.0 Å². The number of nitrogens with two attached hydrogens (primary N) is 1. The molecule has 1 aromatic heterocycles. The molecule has 0 aliphatic carbocycles. The third-order valence-corrected chi connectivity index (χ3v) is 4.94. The molecule has 0 aliphatic rings. The normalized spacial score (nSPS) is 10.7. The zero-order valence-electron chi connectivity index (χ0n) is 16.5. The maximum Gasteiger partial charge on any atom is 0.161 e. The molecule has 0 bridgehead atoms. The molecule has 3 N–H and O–H groups in total. The number of nitrogens with zero attached hydrogens (tertiary/aromatic N) is 1. The zero-order valence-corrected chi connectivity index (χ0v) is 16.5. The van der Waals surface area contributed by atoms with Gasteiger partial charge in [-0.1, -0.05) is 36.4 Å². The zero-order chi connectivity index (χ0) is 20.2. The highest BCUT2D eigenvalue weighted by Crippen LogP contribution is 2.32. The molecule has 0 atom stereocenters. The summed E-state index contributed by atoms with van der Waals surface area (Å²) in [5.74, 6) is 2.27. The third-order valence-electron chi connectivity index (χ3n) is 4.94. The molecule has 0 aliphatic heterocycles. The van der Waals surface area contributed by atoms with E-state index in [1.54, 1.807) is 14.2 Å². The Morgan fingerprint density at radius 1 is 0.862 bits per heavy atom. The van der Waals surface area contributed by atoms with Gasteiger partial charge >= 0.3 is 0 Å². The van der Waals surface area contributed by atoms with Crippen LogP contribution >= 0.6 is 0 Å². The number of nitrogens with one attached hydrogen (secondary N) is 1. The number of hydrogen-bond donors (Lipinski definition) is 2. The monoisotopic (exact) mass is 385 g/mol. The van der Waals surface area contributed by atoms with Crippen LogP contribution in [0.5, 0.6) is 11.5 Å². The smallest absolute Gasteiger partial charge is 0.161 e. The molecule has 0 fully saturated rings. The van der Waals surface area contributed by atoms with Gasteiger partial charge in [-0.15, -0.1) is 0 Å². The average Bonchev–Trinajstić information content (AvgIpc) is 2.77. The Labute approximate surface area is 170 Å². The van der Waals surface area contributed by atoms with Gasteiger partial charge in [0.25, 0.3) is 0 Å². The van der Waals surface area contributed by atoms with E-state index in [1.165, 1.54) is 0 Å². The molecule has 4 rings (SSSR count). The lowest BCUT2D eigenvalue weighted by Gasteiger charge is -2.13. The van der Waals surface area contributed by atoms with Crippen LogP contribution in [0.4, 0.5) is 11.5 Å². The SMILES string of the molecule is COc1ccc(CNc2nccc3c(-c4ccc(N)cc4)cccc23)cc1OC. The van der Waals surface area contributed by atoms with E-state index in [4.69, 9.17) is 15.2 Å². The molecule has 4 aromatic rings. The Bertz CT molecular complexity index is 1140. The lowest BCUT2D eigenvalue weighted by molar-refractivity contribution is 0.354. The average molecular weight is 385 g/mol. The van der Waals surface area contributed by atoms with Crippen LogP contribution in [0.25, 0.3) is 21.9 Å². The number of pyridine rings is 1. The minimum Gasteiger partial charge on any atom is -0.493 e. The molecular formula is C24H23N3O2. The molecule has 0 saturated heterocycles. The second-order valence-corrected chi connectivity index (χ2v) is 6.73. The highest BCUT2D eigenvalue weighted by molar-refractivity contribution is 6.01. The van der Waals surface area contributed by atoms with Gasteiger partial charge in [0, 0.05) is 23.8 Å². The van der Waals surface area contributed by atoms with E-state index in [9.17, 15) is 0 Å². The van der Waals surface area contributed by atoms with Gasteiger partial charge in [0.2, 0.25) is 0 Å². The molecule has 5 nitrogen and oxygen atoms in total. The van der Waals surface area contributed by atoms with Crippen molar-refractivity contribution in [2.45, 2.75) is 6.54 Å². The number of methoxy groups -OCH3 is 2. The van der Waals surface area contributed by atoms with Crippen LogP contribution in [0.2, 0.25) is 0 Å². The van der Waals surface area contributed by atoms with Crippen molar-refractivity contribution in [2.24, 2.45) is 0 Å². The summed E-state index contributed by atoms with van der Waals surface area (Å²) in [4.78, 5) is 4.56. The number of nitrogen functional groups attached to an aromatic ring is 1. The van der Waals surface area contributed by atoms with E-state index in [-0.39, 0.29) is 0 Å². The van der Waals surface area contributed by atoms with Crippen LogP contribution in [0.15, 0.2) is 72.9 Å². The van der Waals surface area contributed by atoms with Crippen molar-refractivity contribution in [3.63, 3.8) is 0 Å². The highest BCUT2D eigenvalue weighted by Gasteiger charge is 2.09. The second kappa shape index (κ2) is 8.10. The maximum atomic E-state index is 5.84. The van der Waals surface area contributed by atoms with E-state index in [0.29, 0.717) is 18.0 Å². The summed E-state index contributed by atoms with van der Waals surface area (Å²) in [6, 6.07) is 22.1. The van der Waals surface area contributed by atoms with Crippen LogP contribution < -0.4 is 20.5 Å². The Kier molecular flexibility index (Phi) is 5.20. The van der Waals surface area contributed by atoms with Crippen molar-refractivity contribution in [1.29, 1.82) is 0 Å². The molecule has 0 unspecified atom stereocenters. The Morgan fingerprint density at radius 3 is 2.41 bits per heavy atom. The number of ether oxygens (including phenoxy) is 2. The van der Waals surface area contributed by atoms with Crippen LogP contribution in [-0.4, -0.2) is 19.2 Å². The fourth-order valence-electron chi connectivity index (χ4n) is 3.44. The summed E-state index contributed by atoms with van der Waals surface area (Å²) in [5.41, 5.74) is 9.95. The highest BCUT2D eigenvalue weighted by atomic mass is 16.5. The van der Waals surface area contributed by atoms with Crippen molar-refractivity contribution in [2.75, 3.05) is 25.3 Å². The molecule has 29 heavy (non-hydrogen) atoms. The van der Waals surface area contributed by atoms with Crippen molar-refractivity contribution >= 4 is 22.3 Å². The van der Waals surface area contributed by atoms with Gasteiger partial charge < -0.3 is 20.5 Å². The van der Waals surface area contributed by atoms with Gasteiger partial charge in [0.1, 0.15) is 5.82 Å². The molecule has 0 saturated carbocycles. The van der Waals surface area contributed by atoms with E-state index >= 15 is 0 Å². The van der Waals surface area contributed by atoms with Crippen LogP contribution in [0.3, 0.4) is 0 Å². The first-order valence-electron chi connectivity index (χ1n) is 9.38. The standard InChI is InChI=1S/C24H23N3O2/c1-28-22-11-6-16(14-23(22)29-2)15-27-24-21-5-3-4-19(20(21)12-13-26-24)17-7-9-18(25)10-8-17/h3-14H,15,25H2,1-2H3,(H,26,27). The largest absolute Gasteiger partial charge is 0.493 e. The molecule has 0 amide bonds. The van der Waals surface area contributed by atoms with Gasteiger partial charge in [0.15, 0.2) is 11.5 Å². The van der Waals surface area contributed by atoms with Crippen molar-refractivity contribution in [3.8, 4) is 22.6 Å². The summed E-state index contributed by atoms with van der Waals surface area (Å²) in [5, 5.41) is 5.67. The fourth-order valence-corrected chi connectivity index (χ4v) is 3.44. The number of aromatic nitrogens is 1. The van der Waals surface area contributed by atoms with Gasteiger partial charge in [-0.3, -0.25) is 0 Å². The molecule has 0 radical (unpaired) electrons. The summed E-state index contributed by atoms with van der Waals surface area (Å²) in [6.45, 7) is 0.624. The third kappa shape index (κ3) is 3.80. The summed E-state index contributed by atoms with van der Waals surface area (Å²) < 4.78 is 10.7. The number of benzene rings is 3. The Hall–Kier alpha value is -3.73. The molecular weight excluding hydrogens is 362 g/mol. The lowest BCUT2D eigenvalue weighted by atomic mass is 9.99. The van der Waals surface area contributed by atoms with Gasteiger partial charge in [-0.2, -0.15) is 0 Å². The first kappa shape index (κ1) is 18.6. The predicted molar refractivity (Wildman–Crippen MR) is 118 cm³/mol. The fraction of sp³-hybridized carbons (Fsp3) is 0.125. The van der Waals surface area contributed by atoms with Gasteiger partial charge in [-0.05, 0) is 52.4 Å². The molecule has 146 valence electrons. The Balaban J connectivity index is 1.65. The first-order valence-corrected chi connectivity index (χ1v) is 9.38. The van der Waals surface area contributed by atoms with Crippen LogP contribution in [-0.2, 0) is 6.54 Å². The first-order chi connectivity index (χ1) is 14.2. The van der Waals surface area contributed by atoms with Crippen molar-refractivity contribution in [1.82, 2.24) is 4.98 Å². The molecule has 5 heteroatoms. The predicted octanol–water partition coefficient (Wildman–Crippen LogP) is 5.11. The number of anilines is 2. The summed E-state index contributed by atoms with van der Waals surface area (Å²) in [7, 11) is 3.27. The van der Waals surface area contributed by atoms with Crippen molar-refractivity contribution in [3.05, 3.63) is 78.5 Å². The van der Waals surface area contributed by atoms with E-state index in [1.807, 2.05) is 54.7 Å². The minimum atomic E-state index is 0.624. The molecule has 0 spiro atoms. The summed E-state index contributed by atoms with van der Waals surface area (Å²) >= 11 is 0.